The fourth-order valence-corrected chi connectivity index (χ4v) is 2.60. The van der Waals surface area contributed by atoms with Crippen molar-refractivity contribution >= 4 is 5.91 Å². The quantitative estimate of drug-likeness (QED) is 0.591. The van der Waals surface area contributed by atoms with Crippen LogP contribution in [0, 0.1) is 6.92 Å². The number of hydrogen-bond acceptors (Lipinski definition) is 5. The van der Waals surface area contributed by atoms with Gasteiger partial charge in [0.25, 0.3) is 5.91 Å². The van der Waals surface area contributed by atoms with E-state index in [2.05, 4.69) is 20.4 Å². The zero-order valence-electron chi connectivity index (χ0n) is 14.7. The van der Waals surface area contributed by atoms with E-state index >= 15 is 0 Å². The summed E-state index contributed by atoms with van der Waals surface area (Å²) >= 11 is 0. The fourth-order valence-electron chi connectivity index (χ4n) is 2.60. The summed E-state index contributed by atoms with van der Waals surface area (Å²) in [5.74, 6) is 0.732. The second kappa shape index (κ2) is 7.25. The van der Waals surface area contributed by atoms with Crippen LogP contribution in [0.15, 0.2) is 71.6 Å². The zero-order valence-corrected chi connectivity index (χ0v) is 14.7. The maximum atomic E-state index is 12.5. The lowest BCUT2D eigenvalue weighted by Crippen LogP contribution is -2.24. The van der Waals surface area contributed by atoms with Crippen molar-refractivity contribution in [2.24, 2.45) is 0 Å². The van der Waals surface area contributed by atoms with Gasteiger partial charge in [0.05, 0.1) is 12.0 Å². The standard InChI is InChI=1S/C20H17N5O2/c1-14-4-6-16(7-5-14)25-19(17-3-2-12-27-17)23-18(24-25)20(26)22-13-15-8-10-21-11-9-15/h2-12H,13H2,1H3,(H,22,26). The molecule has 4 rings (SSSR count). The van der Waals surface area contributed by atoms with Crippen LogP contribution in [0.5, 0.6) is 0 Å². The summed E-state index contributed by atoms with van der Waals surface area (Å²) in [6.07, 6.45) is 4.93. The van der Waals surface area contributed by atoms with E-state index in [1.165, 1.54) is 0 Å². The lowest BCUT2D eigenvalue weighted by molar-refractivity contribution is 0.0940. The summed E-state index contributed by atoms with van der Waals surface area (Å²) in [5, 5.41) is 7.23. The largest absolute Gasteiger partial charge is 0.461 e. The van der Waals surface area contributed by atoms with Crippen LogP contribution in [0.25, 0.3) is 17.3 Å². The number of rotatable bonds is 5. The third kappa shape index (κ3) is 3.62. The van der Waals surface area contributed by atoms with Crippen LogP contribution in [0.2, 0.25) is 0 Å². The molecule has 4 aromatic rings. The van der Waals surface area contributed by atoms with Crippen molar-refractivity contribution in [3.8, 4) is 17.3 Å². The van der Waals surface area contributed by atoms with E-state index in [1.54, 1.807) is 35.5 Å². The van der Waals surface area contributed by atoms with E-state index in [1.807, 2.05) is 43.3 Å². The molecule has 0 fully saturated rings. The van der Waals surface area contributed by atoms with Gasteiger partial charge in [-0.05, 0) is 48.9 Å². The molecule has 0 saturated heterocycles. The molecule has 0 aliphatic heterocycles. The normalized spacial score (nSPS) is 10.7. The van der Waals surface area contributed by atoms with Crippen LogP contribution >= 0.6 is 0 Å². The first-order chi connectivity index (χ1) is 13.2. The third-order valence-electron chi connectivity index (χ3n) is 4.03. The summed E-state index contributed by atoms with van der Waals surface area (Å²) in [4.78, 5) is 20.9. The highest BCUT2D eigenvalue weighted by molar-refractivity contribution is 5.90. The number of aromatic nitrogens is 4. The molecule has 0 radical (unpaired) electrons. The highest BCUT2D eigenvalue weighted by Gasteiger charge is 2.20. The molecule has 1 amide bonds. The molecule has 1 N–H and O–H groups in total. The Labute approximate surface area is 155 Å². The highest BCUT2D eigenvalue weighted by Crippen LogP contribution is 2.22. The van der Waals surface area contributed by atoms with Gasteiger partial charge in [-0.15, -0.1) is 5.10 Å². The molecule has 3 heterocycles. The van der Waals surface area contributed by atoms with Crippen molar-refractivity contribution in [1.29, 1.82) is 0 Å². The van der Waals surface area contributed by atoms with Gasteiger partial charge < -0.3 is 9.73 Å². The van der Waals surface area contributed by atoms with E-state index in [9.17, 15) is 4.79 Å². The second-order valence-electron chi connectivity index (χ2n) is 6.02. The highest BCUT2D eigenvalue weighted by atomic mass is 16.3. The van der Waals surface area contributed by atoms with E-state index in [0.717, 1.165) is 16.8 Å². The number of carbonyl (C=O) groups excluding carboxylic acids is 1. The number of benzene rings is 1. The van der Waals surface area contributed by atoms with Gasteiger partial charge in [0.2, 0.25) is 5.82 Å². The molecule has 0 aliphatic rings. The third-order valence-corrected chi connectivity index (χ3v) is 4.03. The average molecular weight is 359 g/mol. The van der Waals surface area contributed by atoms with Crippen molar-refractivity contribution in [1.82, 2.24) is 25.1 Å². The number of aryl methyl sites for hydroxylation is 1. The molecule has 0 bridgehead atoms. The Morgan fingerprint density at radius 2 is 1.89 bits per heavy atom. The first-order valence-electron chi connectivity index (χ1n) is 8.46. The Bertz CT molecular complexity index is 1040. The van der Waals surface area contributed by atoms with Gasteiger partial charge in [-0.3, -0.25) is 9.78 Å². The summed E-state index contributed by atoms with van der Waals surface area (Å²) in [6, 6.07) is 15.0. The molecule has 3 aromatic heterocycles. The van der Waals surface area contributed by atoms with E-state index in [0.29, 0.717) is 18.1 Å². The molecule has 0 saturated carbocycles. The van der Waals surface area contributed by atoms with E-state index in [4.69, 9.17) is 4.42 Å². The molecule has 0 unspecified atom stereocenters. The first-order valence-corrected chi connectivity index (χ1v) is 8.46. The van der Waals surface area contributed by atoms with Gasteiger partial charge in [-0.25, -0.2) is 4.68 Å². The molecule has 0 spiro atoms. The van der Waals surface area contributed by atoms with Crippen molar-refractivity contribution in [3.05, 3.63) is 84.1 Å². The minimum absolute atomic E-state index is 0.0797. The topological polar surface area (TPSA) is 85.8 Å². The molecule has 27 heavy (non-hydrogen) atoms. The number of amides is 1. The van der Waals surface area contributed by atoms with Gasteiger partial charge >= 0.3 is 0 Å². The molecule has 7 heteroatoms. The van der Waals surface area contributed by atoms with Crippen LogP contribution in [0.3, 0.4) is 0 Å². The zero-order chi connectivity index (χ0) is 18.6. The molecule has 0 aliphatic carbocycles. The van der Waals surface area contributed by atoms with Crippen LogP contribution < -0.4 is 5.32 Å². The summed E-state index contributed by atoms with van der Waals surface area (Å²) in [7, 11) is 0. The van der Waals surface area contributed by atoms with Gasteiger partial charge in [0.1, 0.15) is 0 Å². The number of pyridine rings is 1. The summed E-state index contributed by atoms with van der Waals surface area (Å²) < 4.78 is 7.08. The number of nitrogens with zero attached hydrogens (tertiary/aromatic N) is 4. The van der Waals surface area contributed by atoms with Crippen molar-refractivity contribution in [2.75, 3.05) is 0 Å². The van der Waals surface area contributed by atoms with Crippen molar-refractivity contribution in [2.45, 2.75) is 13.5 Å². The molecule has 1 aromatic carbocycles. The SMILES string of the molecule is Cc1ccc(-n2nc(C(=O)NCc3ccncc3)nc2-c2ccco2)cc1. The Kier molecular flexibility index (Phi) is 4.49. The second-order valence-corrected chi connectivity index (χ2v) is 6.02. The van der Waals surface area contributed by atoms with E-state index < -0.39 is 0 Å². The Balaban J connectivity index is 1.64. The monoisotopic (exact) mass is 359 g/mol. The smallest absolute Gasteiger partial charge is 0.291 e. The van der Waals surface area contributed by atoms with Crippen LogP contribution in [0.4, 0.5) is 0 Å². The lowest BCUT2D eigenvalue weighted by atomic mass is 10.2. The van der Waals surface area contributed by atoms with Crippen LogP contribution in [0.1, 0.15) is 21.7 Å². The van der Waals surface area contributed by atoms with Gasteiger partial charge in [-0.2, -0.15) is 4.98 Å². The lowest BCUT2D eigenvalue weighted by Gasteiger charge is -2.04. The molecule has 0 atom stereocenters. The minimum Gasteiger partial charge on any atom is -0.461 e. The van der Waals surface area contributed by atoms with Crippen molar-refractivity contribution in [3.63, 3.8) is 0 Å². The fraction of sp³-hybridized carbons (Fsp3) is 0.100. The number of nitrogens with one attached hydrogen (secondary N) is 1. The summed E-state index contributed by atoms with van der Waals surface area (Å²) in [5.41, 5.74) is 2.88. The van der Waals surface area contributed by atoms with Crippen LogP contribution in [-0.4, -0.2) is 25.7 Å². The summed E-state index contributed by atoms with van der Waals surface area (Å²) in [6.45, 7) is 2.38. The number of furan rings is 1. The predicted molar refractivity (Wildman–Crippen MR) is 99.2 cm³/mol. The molecular weight excluding hydrogens is 342 g/mol. The van der Waals surface area contributed by atoms with Gasteiger partial charge in [-0.1, -0.05) is 17.7 Å². The molecular formula is C20H17N5O2. The molecule has 134 valence electrons. The van der Waals surface area contributed by atoms with Gasteiger partial charge in [0.15, 0.2) is 11.6 Å². The maximum Gasteiger partial charge on any atom is 0.291 e. The van der Waals surface area contributed by atoms with Crippen LogP contribution in [-0.2, 0) is 6.54 Å². The number of hydrogen-bond donors (Lipinski definition) is 1. The predicted octanol–water partition coefficient (Wildman–Crippen LogP) is 3.16. The first kappa shape index (κ1) is 16.7. The van der Waals surface area contributed by atoms with Crippen molar-refractivity contribution < 1.29 is 9.21 Å². The maximum absolute atomic E-state index is 12.5. The molecule has 7 nitrogen and oxygen atoms in total. The minimum atomic E-state index is -0.356. The van der Waals surface area contributed by atoms with E-state index in [-0.39, 0.29) is 11.7 Å². The Morgan fingerprint density at radius 3 is 2.59 bits per heavy atom. The Hall–Kier alpha value is -3.74. The average Bonchev–Trinajstić information content (AvgIpc) is 3.37. The Morgan fingerprint density at radius 1 is 1.11 bits per heavy atom. The van der Waals surface area contributed by atoms with Gasteiger partial charge in [0, 0.05) is 18.9 Å². The number of carbonyl (C=O) groups is 1.